The number of carbonyl (C=O) groups excluding carboxylic acids is 1. The molecule has 0 aliphatic heterocycles. The predicted molar refractivity (Wildman–Crippen MR) is 168 cm³/mol. The van der Waals surface area contributed by atoms with Gasteiger partial charge >= 0.3 is 0 Å². The lowest BCUT2D eigenvalue weighted by atomic mass is 9.95. The van der Waals surface area contributed by atoms with Gasteiger partial charge in [-0.1, -0.05) is 42.5 Å². The highest BCUT2D eigenvalue weighted by Gasteiger charge is 2.28. The molecule has 41 heavy (non-hydrogen) atoms. The lowest BCUT2D eigenvalue weighted by molar-refractivity contribution is 0.102. The number of benzene rings is 3. The second-order valence-corrected chi connectivity index (χ2v) is 14.5. The van der Waals surface area contributed by atoms with Crippen molar-refractivity contribution in [2.75, 3.05) is 5.32 Å². The minimum absolute atomic E-state index is 0.167. The Labute approximate surface area is 248 Å². The molecule has 1 amide bonds. The highest BCUT2D eigenvalue weighted by molar-refractivity contribution is 7.89. The van der Waals surface area contributed by atoms with E-state index in [0.29, 0.717) is 5.56 Å². The third kappa shape index (κ3) is 5.59. The van der Waals surface area contributed by atoms with Crippen molar-refractivity contribution < 1.29 is 13.2 Å². The molecule has 1 N–H and O–H groups in total. The molecule has 0 bridgehead atoms. The standard InChI is InChI=1S/C32H31N3O3S3/c1-21(2)35(20-22-10-4-3-5-11-22)41(37,38)24-18-16-23(17-19-24)30(36)34-32-29(25-12-6-8-14-27(25)39-32)31-33-26-13-7-9-15-28(26)40-31/h3-5,7,9-11,13,15-19,21H,6,8,12,14,20H2,1-2H3,(H,34,36). The second kappa shape index (κ2) is 11.5. The van der Waals surface area contributed by atoms with Crippen molar-refractivity contribution in [2.24, 2.45) is 0 Å². The average molecular weight is 602 g/mol. The van der Waals surface area contributed by atoms with Crippen molar-refractivity contribution in [2.45, 2.75) is 57.0 Å². The number of hydrogen-bond acceptors (Lipinski definition) is 6. The third-order valence-corrected chi connectivity index (χ3v) is 11.7. The van der Waals surface area contributed by atoms with Crippen LogP contribution < -0.4 is 5.32 Å². The highest BCUT2D eigenvalue weighted by Crippen LogP contribution is 2.46. The molecule has 1 aliphatic carbocycles. The Balaban J connectivity index is 1.27. The van der Waals surface area contributed by atoms with E-state index in [1.54, 1.807) is 34.8 Å². The van der Waals surface area contributed by atoms with Crippen molar-refractivity contribution in [3.8, 4) is 10.6 Å². The second-order valence-electron chi connectivity index (χ2n) is 10.5. The van der Waals surface area contributed by atoms with Gasteiger partial charge in [-0.2, -0.15) is 4.31 Å². The third-order valence-electron chi connectivity index (χ3n) is 7.39. The van der Waals surface area contributed by atoms with Gasteiger partial charge in [0.15, 0.2) is 0 Å². The molecule has 0 spiro atoms. The largest absolute Gasteiger partial charge is 0.313 e. The van der Waals surface area contributed by atoms with Crippen molar-refractivity contribution in [1.29, 1.82) is 0 Å². The molecule has 6 nitrogen and oxygen atoms in total. The van der Waals surface area contributed by atoms with Crippen LogP contribution in [-0.2, 0) is 29.4 Å². The number of fused-ring (bicyclic) bond motifs is 2. The van der Waals surface area contributed by atoms with Gasteiger partial charge in [0.1, 0.15) is 10.0 Å². The molecule has 210 valence electrons. The van der Waals surface area contributed by atoms with Gasteiger partial charge in [0.2, 0.25) is 10.0 Å². The molecule has 0 atom stereocenters. The van der Waals surface area contributed by atoms with E-state index in [9.17, 15) is 13.2 Å². The molecule has 0 unspecified atom stereocenters. The molecule has 2 aromatic heterocycles. The number of carbonyl (C=O) groups is 1. The summed E-state index contributed by atoms with van der Waals surface area (Å²) in [5, 5.41) is 4.88. The van der Waals surface area contributed by atoms with E-state index in [4.69, 9.17) is 4.98 Å². The zero-order valence-electron chi connectivity index (χ0n) is 23.0. The number of nitrogens with zero attached hydrogens (tertiary/aromatic N) is 2. The highest BCUT2D eigenvalue weighted by atomic mass is 32.2. The van der Waals surface area contributed by atoms with Gasteiger partial charge in [-0.25, -0.2) is 13.4 Å². The number of amides is 1. The van der Waals surface area contributed by atoms with Crippen molar-refractivity contribution in [3.05, 3.63) is 100 Å². The molecule has 0 radical (unpaired) electrons. The molecule has 1 aliphatic rings. The van der Waals surface area contributed by atoms with Gasteiger partial charge in [-0.3, -0.25) is 4.79 Å². The SMILES string of the molecule is CC(C)N(Cc1ccccc1)S(=O)(=O)c1ccc(C(=O)Nc2sc3c(c2-c2nc4ccccc4s2)CCCC3)cc1. The van der Waals surface area contributed by atoms with E-state index in [-0.39, 0.29) is 23.4 Å². The molecule has 0 saturated heterocycles. The van der Waals surface area contributed by atoms with Crippen LogP contribution in [0, 0.1) is 0 Å². The summed E-state index contributed by atoms with van der Waals surface area (Å²) >= 11 is 3.29. The first-order valence-corrected chi connectivity index (χ1v) is 16.9. The van der Waals surface area contributed by atoms with Gasteiger partial charge in [0.05, 0.1) is 15.1 Å². The van der Waals surface area contributed by atoms with Crippen LogP contribution in [0.3, 0.4) is 0 Å². The number of aryl methyl sites for hydroxylation is 1. The first kappa shape index (κ1) is 27.8. The Morgan fingerprint density at radius 1 is 0.927 bits per heavy atom. The van der Waals surface area contributed by atoms with Gasteiger partial charge in [0.25, 0.3) is 5.91 Å². The summed E-state index contributed by atoms with van der Waals surface area (Å²) in [6.07, 6.45) is 4.26. The zero-order chi connectivity index (χ0) is 28.6. The minimum atomic E-state index is -3.76. The number of anilines is 1. The molecule has 2 heterocycles. The van der Waals surface area contributed by atoms with E-state index in [0.717, 1.165) is 57.0 Å². The van der Waals surface area contributed by atoms with E-state index in [2.05, 4.69) is 11.4 Å². The maximum Gasteiger partial charge on any atom is 0.256 e. The van der Waals surface area contributed by atoms with E-state index in [1.165, 1.54) is 26.9 Å². The molecular weight excluding hydrogens is 571 g/mol. The smallest absolute Gasteiger partial charge is 0.256 e. The maximum atomic E-state index is 13.6. The number of sulfonamides is 1. The van der Waals surface area contributed by atoms with Crippen LogP contribution in [0.25, 0.3) is 20.8 Å². The predicted octanol–water partition coefficient (Wildman–Crippen LogP) is 7.76. The molecule has 0 fully saturated rings. The fourth-order valence-corrected chi connectivity index (χ4v) is 9.28. The normalized spacial score (nSPS) is 13.6. The summed E-state index contributed by atoms with van der Waals surface area (Å²) in [5.74, 6) is -0.264. The van der Waals surface area contributed by atoms with Crippen LogP contribution in [-0.4, -0.2) is 29.7 Å². The summed E-state index contributed by atoms with van der Waals surface area (Å²) in [6, 6.07) is 23.7. The van der Waals surface area contributed by atoms with E-state index in [1.807, 2.05) is 62.4 Å². The van der Waals surface area contributed by atoms with Crippen LogP contribution in [0.5, 0.6) is 0 Å². The fraction of sp³-hybridized carbons (Fsp3) is 0.250. The van der Waals surface area contributed by atoms with E-state index >= 15 is 0 Å². The first-order chi connectivity index (χ1) is 19.8. The molecule has 9 heteroatoms. The Morgan fingerprint density at radius 2 is 1.63 bits per heavy atom. The number of rotatable bonds is 8. The topological polar surface area (TPSA) is 79.4 Å². The zero-order valence-corrected chi connectivity index (χ0v) is 25.4. The summed E-state index contributed by atoms with van der Waals surface area (Å²) in [4.78, 5) is 19.8. The van der Waals surface area contributed by atoms with Crippen molar-refractivity contribution in [1.82, 2.24) is 9.29 Å². The number of aromatic nitrogens is 1. The van der Waals surface area contributed by atoms with Crippen LogP contribution in [0.15, 0.2) is 83.8 Å². The fourth-order valence-electron chi connectivity index (χ4n) is 5.26. The van der Waals surface area contributed by atoms with Crippen molar-refractivity contribution in [3.63, 3.8) is 0 Å². The molecule has 3 aromatic carbocycles. The van der Waals surface area contributed by atoms with E-state index < -0.39 is 10.0 Å². The number of thiophene rings is 1. The van der Waals surface area contributed by atoms with Gasteiger partial charge in [0, 0.05) is 28.6 Å². The van der Waals surface area contributed by atoms with Crippen LogP contribution >= 0.6 is 22.7 Å². The molecular formula is C32H31N3O3S3. The summed E-state index contributed by atoms with van der Waals surface area (Å²) in [7, 11) is -3.76. The molecule has 6 rings (SSSR count). The summed E-state index contributed by atoms with van der Waals surface area (Å²) in [5.41, 5.74) is 4.62. The lowest BCUT2D eigenvalue weighted by Gasteiger charge is -2.26. The Morgan fingerprint density at radius 3 is 2.37 bits per heavy atom. The quantitative estimate of drug-likeness (QED) is 0.197. The number of para-hydroxylation sites is 1. The Kier molecular flexibility index (Phi) is 7.78. The van der Waals surface area contributed by atoms with Gasteiger partial charge in [-0.15, -0.1) is 22.7 Å². The average Bonchev–Trinajstić information content (AvgIpc) is 3.57. The van der Waals surface area contributed by atoms with Crippen LogP contribution in [0.2, 0.25) is 0 Å². The van der Waals surface area contributed by atoms with Crippen molar-refractivity contribution >= 4 is 53.8 Å². The monoisotopic (exact) mass is 601 g/mol. The van der Waals surface area contributed by atoms with Gasteiger partial charge in [-0.05, 0) is 87.1 Å². The molecule has 5 aromatic rings. The molecule has 0 saturated carbocycles. The van der Waals surface area contributed by atoms with Crippen LogP contribution in [0.1, 0.15) is 53.1 Å². The number of thiazole rings is 1. The Hall–Kier alpha value is -3.37. The number of hydrogen-bond donors (Lipinski definition) is 1. The Bertz CT molecular complexity index is 1770. The first-order valence-electron chi connectivity index (χ1n) is 13.8. The summed E-state index contributed by atoms with van der Waals surface area (Å²) < 4.78 is 29.7. The summed E-state index contributed by atoms with van der Waals surface area (Å²) in [6.45, 7) is 4.01. The maximum absolute atomic E-state index is 13.6. The van der Waals surface area contributed by atoms with Crippen LogP contribution in [0.4, 0.5) is 5.00 Å². The lowest BCUT2D eigenvalue weighted by Crippen LogP contribution is -2.36. The van der Waals surface area contributed by atoms with Gasteiger partial charge < -0.3 is 5.32 Å². The minimum Gasteiger partial charge on any atom is -0.313 e. The number of nitrogens with one attached hydrogen (secondary N) is 1.